The summed E-state index contributed by atoms with van der Waals surface area (Å²) in [6, 6.07) is 34.7. The van der Waals surface area contributed by atoms with E-state index in [1.807, 2.05) is 0 Å². The normalized spacial score (nSPS) is 19.3. The van der Waals surface area contributed by atoms with E-state index in [4.69, 9.17) is 18.9 Å². The van der Waals surface area contributed by atoms with Gasteiger partial charge in [-0.25, -0.2) is 9.59 Å². The third kappa shape index (κ3) is 6.52. The Hall–Kier alpha value is -6.82. The van der Waals surface area contributed by atoms with Gasteiger partial charge in [0.15, 0.2) is 0 Å². The van der Waals surface area contributed by atoms with Crippen LogP contribution in [0, 0.1) is 10.8 Å². The topological polar surface area (TPSA) is 146 Å². The van der Waals surface area contributed by atoms with Crippen molar-refractivity contribution in [2.24, 2.45) is 10.8 Å². The van der Waals surface area contributed by atoms with E-state index in [0.717, 1.165) is 28.4 Å². The molecule has 0 saturated carbocycles. The zero-order chi connectivity index (χ0) is 40.0. The molecule has 4 aromatic rings. The lowest BCUT2D eigenvalue weighted by atomic mass is 9.53. The first-order valence-electron chi connectivity index (χ1n) is 17.7. The first-order chi connectivity index (χ1) is 27.1. The molecule has 286 valence electrons. The molecule has 12 nitrogen and oxygen atoms in total. The lowest BCUT2D eigenvalue weighted by Crippen LogP contribution is -2.59. The zero-order valence-electron chi connectivity index (χ0n) is 31.4. The van der Waals surface area contributed by atoms with Crippen molar-refractivity contribution in [3.63, 3.8) is 0 Å². The predicted octanol–water partition coefficient (Wildman–Crippen LogP) is 5.34. The average molecular weight is 757 g/mol. The van der Waals surface area contributed by atoms with E-state index in [1.54, 1.807) is 121 Å². The number of hydrogen-bond acceptors (Lipinski definition) is 10. The second-order valence-electron chi connectivity index (χ2n) is 13.2. The van der Waals surface area contributed by atoms with Crippen molar-refractivity contribution in [1.82, 2.24) is 9.80 Å². The van der Waals surface area contributed by atoms with Crippen LogP contribution in [0.25, 0.3) is 11.4 Å². The molecule has 6 rings (SSSR count). The minimum atomic E-state index is -2.67. The lowest BCUT2D eigenvalue weighted by molar-refractivity contribution is -0.167. The number of benzene rings is 4. The lowest BCUT2D eigenvalue weighted by Gasteiger charge is -2.44. The van der Waals surface area contributed by atoms with Gasteiger partial charge in [0.05, 0.1) is 76.9 Å². The number of amides is 2. The quantitative estimate of drug-likeness (QED) is 0.130. The van der Waals surface area contributed by atoms with Crippen molar-refractivity contribution in [3.05, 3.63) is 155 Å². The minimum Gasteiger partial charge on any atom is -0.469 e. The highest BCUT2D eigenvalue weighted by molar-refractivity contribution is 6.23. The van der Waals surface area contributed by atoms with Crippen LogP contribution in [0.4, 0.5) is 0 Å². The van der Waals surface area contributed by atoms with Gasteiger partial charge in [0.1, 0.15) is 10.8 Å². The molecule has 0 aromatic heterocycles. The summed E-state index contributed by atoms with van der Waals surface area (Å²) < 4.78 is 21.3. The second-order valence-corrected chi connectivity index (χ2v) is 13.2. The van der Waals surface area contributed by atoms with Crippen LogP contribution in [0.3, 0.4) is 0 Å². The molecule has 2 aliphatic heterocycles. The third-order valence-corrected chi connectivity index (χ3v) is 10.3. The van der Waals surface area contributed by atoms with E-state index < -0.39 is 70.5 Å². The van der Waals surface area contributed by atoms with Crippen LogP contribution < -0.4 is 0 Å². The van der Waals surface area contributed by atoms with Crippen molar-refractivity contribution in [2.75, 3.05) is 28.4 Å². The first kappa shape index (κ1) is 38.9. The summed E-state index contributed by atoms with van der Waals surface area (Å²) in [4.78, 5) is 92.0. The summed E-state index contributed by atoms with van der Waals surface area (Å²) >= 11 is 0. The molecule has 2 unspecified atom stereocenters. The molecule has 0 N–H and O–H groups in total. The van der Waals surface area contributed by atoms with Gasteiger partial charge in [-0.1, -0.05) is 121 Å². The van der Waals surface area contributed by atoms with Crippen LogP contribution in [0.15, 0.2) is 132 Å². The van der Waals surface area contributed by atoms with Crippen LogP contribution in [0.5, 0.6) is 0 Å². The average Bonchev–Trinajstić information content (AvgIpc) is 3.63. The molecule has 0 fully saturated rings. The molecule has 12 heteroatoms. The van der Waals surface area contributed by atoms with Crippen molar-refractivity contribution >= 4 is 47.1 Å². The number of nitrogens with zero attached hydrogens (tertiary/aromatic N) is 2. The number of methoxy groups -OCH3 is 4. The summed E-state index contributed by atoms with van der Waals surface area (Å²) in [7, 11) is 4.38. The van der Waals surface area contributed by atoms with Crippen LogP contribution >= 0.6 is 0 Å². The van der Waals surface area contributed by atoms with E-state index in [-0.39, 0.29) is 24.5 Å². The largest absolute Gasteiger partial charge is 0.469 e. The fourth-order valence-corrected chi connectivity index (χ4v) is 7.92. The van der Waals surface area contributed by atoms with Crippen molar-refractivity contribution in [1.29, 1.82) is 0 Å². The molecule has 2 amide bonds. The molecule has 0 aliphatic carbocycles. The Morgan fingerprint density at radius 2 is 0.768 bits per heavy atom. The van der Waals surface area contributed by atoms with Gasteiger partial charge >= 0.3 is 23.9 Å². The number of rotatable bonds is 13. The van der Waals surface area contributed by atoms with Crippen LogP contribution in [-0.2, 0) is 60.8 Å². The van der Waals surface area contributed by atoms with Gasteiger partial charge < -0.3 is 28.7 Å². The van der Waals surface area contributed by atoms with E-state index >= 15 is 9.59 Å². The number of esters is 4. The highest BCUT2D eigenvalue weighted by Gasteiger charge is 2.76. The van der Waals surface area contributed by atoms with Crippen LogP contribution in [0.2, 0.25) is 0 Å². The van der Waals surface area contributed by atoms with Crippen molar-refractivity contribution < 1.29 is 47.7 Å². The molecule has 2 atom stereocenters. The van der Waals surface area contributed by atoms with Crippen molar-refractivity contribution in [2.45, 2.75) is 25.9 Å². The molecule has 56 heavy (non-hydrogen) atoms. The Morgan fingerprint density at radius 3 is 1.05 bits per heavy atom. The van der Waals surface area contributed by atoms with E-state index in [9.17, 15) is 19.2 Å². The monoisotopic (exact) mass is 756 g/mol. The molecule has 4 aromatic carbocycles. The Labute approximate surface area is 323 Å². The maximum Gasteiger partial charge on any atom is 0.337 e. The molecule has 2 heterocycles. The molecule has 0 radical (unpaired) electrons. The number of ether oxygens (including phenoxy) is 4. The summed E-state index contributed by atoms with van der Waals surface area (Å²) in [5.74, 6) is -6.06. The predicted molar refractivity (Wildman–Crippen MR) is 203 cm³/mol. The fourth-order valence-electron chi connectivity index (χ4n) is 7.92. The first-order valence-corrected chi connectivity index (χ1v) is 17.7. The Kier molecular flexibility index (Phi) is 11.3. The van der Waals surface area contributed by atoms with E-state index in [2.05, 4.69) is 0 Å². The van der Waals surface area contributed by atoms with Gasteiger partial charge in [-0.3, -0.25) is 19.2 Å². The molecular formula is C44H40N2O10. The number of hydrogen-bond donors (Lipinski definition) is 0. The molecule has 0 saturated heterocycles. The molecule has 0 bridgehead atoms. The summed E-state index contributed by atoms with van der Waals surface area (Å²) in [5, 5.41) is 0. The van der Waals surface area contributed by atoms with Gasteiger partial charge in [-0.15, -0.1) is 0 Å². The number of carbonyl (C=O) groups is 6. The van der Waals surface area contributed by atoms with Crippen LogP contribution in [-0.4, -0.2) is 73.9 Å². The second kappa shape index (κ2) is 16.3. The summed E-state index contributed by atoms with van der Waals surface area (Å²) in [6.45, 7) is -0.293. The minimum absolute atomic E-state index is 0.0132. The maximum atomic E-state index is 16.0. The smallest absolute Gasteiger partial charge is 0.337 e. The fraction of sp³-hybridized carbons (Fsp3) is 0.227. The van der Waals surface area contributed by atoms with Gasteiger partial charge in [-0.2, -0.15) is 0 Å². The Bertz CT molecular complexity index is 2060. The standard InChI is InChI=1S/C44H40N2O10/c1-53-33(47)25-43(35(39(49)55-3)37(31-21-13-7-14-22-31)45(41(43)51)27-29-17-9-5-10-18-29)44(26-34(48)54-2)36(40(50)56-4)38(32-23-15-8-16-24-32)46(42(44)52)28-30-19-11-6-12-20-30/h5-24H,25-28H2,1-4H3. The highest BCUT2D eigenvalue weighted by atomic mass is 16.5. The van der Waals surface area contributed by atoms with Gasteiger partial charge in [-0.05, 0) is 22.3 Å². The third-order valence-electron chi connectivity index (χ3n) is 10.3. The summed E-state index contributed by atoms with van der Waals surface area (Å²) in [6.07, 6.45) is -1.95. The number of carbonyl (C=O) groups excluding carboxylic acids is 6. The molecular weight excluding hydrogens is 716 g/mol. The van der Waals surface area contributed by atoms with Gasteiger partial charge in [0.2, 0.25) is 11.8 Å². The Balaban J connectivity index is 1.84. The Morgan fingerprint density at radius 1 is 0.464 bits per heavy atom. The van der Waals surface area contributed by atoms with Crippen LogP contribution in [0.1, 0.15) is 35.1 Å². The van der Waals surface area contributed by atoms with Gasteiger partial charge in [0, 0.05) is 0 Å². The maximum absolute atomic E-state index is 16.0. The summed E-state index contributed by atoms with van der Waals surface area (Å²) in [5.41, 5.74) is -4.20. The van der Waals surface area contributed by atoms with Gasteiger partial charge in [0.25, 0.3) is 0 Å². The zero-order valence-corrected chi connectivity index (χ0v) is 31.4. The SMILES string of the molecule is COC(=O)CC1(C2(CC(=O)OC)C(=O)N(Cc3ccccc3)C(c3ccccc3)=C2C(=O)OC)C(=O)N(Cc2ccccc2)C(c2ccccc2)=C1C(=O)OC. The highest BCUT2D eigenvalue weighted by Crippen LogP contribution is 2.66. The molecule has 2 aliphatic rings. The van der Waals surface area contributed by atoms with Crippen molar-refractivity contribution in [3.8, 4) is 0 Å². The van der Waals surface area contributed by atoms with E-state index in [1.165, 1.54) is 9.80 Å². The van der Waals surface area contributed by atoms with E-state index in [0.29, 0.717) is 22.3 Å². The molecule has 0 spiro atoms.